The molecule has 0 aromatic heterocycles. The molecule has 1 aromatic rings. The van der Waals surface area contributed by atoms with Crippen LogP contribution in [0.5, 0.6) is 0 Å². The van der Waals surface area contributed by atoms with Gasteiger partial charge in [-0.1, -0.05) is 37.3 Å². The number of sulfone groups is 1. The molecule has 21 heavy (non-hydrogen) atoms. The van der Waals surface area contributed by atoms with Crippen LogP contribution in [0.3, 0.4) is 0 Å². The monoisotopic (exact) mass is 308 g/mol. The first-order valence-electron chi connectivity index (χ1n) is 7.32. The largest absolute Gasteiger partial charge is 0.320 e. The summed E-state index contributed by atoms with van der Waals surface area (Å²) in [4.78, 5) is 14.2. The van der Waals surface area contributed by atoms with E-state index in [1.165, 1.54) is 0 Å². The zero-order chi connectivity index (χ0) is 15.1. The van der Waals surface area contributed by atoms with Gasteiger partial charge in [0.05, 0.1) is 5.75 Å². The lowest BCUT2D eigenvalue weighted by molar-refractivity contribution is -0.130. The maximum Gasteiger partial charge on any atom is 0.244 e. The van der Waals surface area contributed by atoms with Crippen molar-refractivity contribution < 1.29 is 13.2 Å². The summed E-state index contributed by atoms with van der Waals surface area (Å²) in [6.45, 7) is 1.89. The SMILES string of the molecule is CCS(=O)(=O)CCN1C(=O)C2(CC2)NC1c1ccccc1. The van der Waals surface area contributed by atoms with Gasteiger partial charge >= 0.3 is 0 Å². The van der Waals surface area contributed by atoms with Crippen LogP contribution in [0.4, 0.5) is 0 Å². The van der Waals surface area contributed by atoms with E-state index >= 15 is 0 Å². The highest BCUT2D eigenvalue weighted by atomic mass is 32.2. The quantitative estimate of drug-likeness (QED) is 0.884. The lowest BCUT2D eigenvalue weighted by Gasteiger charge is -2.24. The second-order valence-corrected chi connectivity index (χ2v) is 8.25. The van der Waals surface area contributed by atoms with Crippen molar-refractivity contribution in [3.05, 3.63) is 35.9 Å². The molecule has 1 amide bonds. The smallest absolute Gasteiger partial charge is 0.244 e. The fourth-order valence-electron chi connectivity index (χ4n) is 2.79. The van der Waals surface area contributed by atoms with Crippen LogP contribution in [0.2, 0.25) is 0 Å². The Labute approximate surface area is 125 Å². The highest BCUT2D eigenvalue weighted by Gasteiger charge is 2.59. The van der Waals surface area contributed by atoms with Crippen molar-refractivity contribution in [1.29, 1.82) is 0 Å². The first-order chi connectivity index (χ1) is 9.97. The molecule has 2 fully saturated rings. The minimum atomic E-state index is -3.07. The van der Waals surface area contributed by atoms with Crippen LogP contribution in [0.25, 0.3) is 0 Å². The summed E-state index contributed by atoms with van der Waals surface area (Å²) in [6.07, 6.45) is 1.46. The molecule has 1 N–H and O–H groups in total. The molecule has 1 spiro atoms. The van der Waals surface area contributed by atoms with Crippen LogP contribution in [0, 0.1) is 0 Å². The van der Waals surface area contributed by atoms with Crippen molar-refractivity contribution in [2.45, 2.75) is 31.5 Å². The molecule has 3 rings (SSSR count). The van der Waals surface area contributed by atoms with E-state index in [9.17, 15) is 13.2 Å². The third-order valence-corrected chi connectivity index (χ3v) is 6.03. The maximum atomic E-state index is 12.5. The number of hydrogen-bond acceptors (Lipinski definition) is 4. The molecule has 6 heteroatoms. The van der Waals surface area contributed by atoms with E-state index < -0.39 is 15.4 Å². The van der Waals surface area contributed by atoms with Crippen molar-refractivity contribution in [3.8, 4) is 0 Å². The van der Waals surface area contributed by atoms with Gasteiger partial charge in [0.25, 0.3) is 0 Å². The van der Waals surface area contributed by atoms with E-state index in [0.29, 0.717) is 0 Å². The molecular weight excluding hydrogens is 288 g/mol. The second-order valence-electron chi connectivity index (χ2n) is 5.77. The Bertz CT molecular complexity index is 638. The molecule has 114 valence electrons. The fourth-order valence-corrected chi connectivity index (χ4v) is 3.55. The summed E-state index contributed by atoms with van der Waals surface area (Å²) in [5, 5.41) is 3.39. The molecular formula is C15H20N2O3S. The Balaban J connectivity index is 1.82. The molecule has 2 aliphatic rings. The Morgan fingerprint density at radius 3 is 2.52 bits per heavy atom. The zero-order valence-corrected chi connectivity index (χ0v) is 12.9. The molecule has 1 saturated heterocycles. The minimum Gasteiger partial charge on any atom is -0.320 e. The van der Waals surface area contributed by atoms with E-state index in [-0.39, 0.29) is 30.1 Å². The van der Waals surface area contributed by atoms with Crippen LogP contribution >= 0.6 is 0 Å². The minimum absolute atomic E-state index is 0.0241. The van der Waals surface area contributed by atoms with Gasteiger partial charge in [-0.2, -0.15) is 0 Å². The van der Waals surface area contributed by atoms with Crippen molar-refractivity contribution in [3.63, 3.8) is 0 Å². The van der Waals surface area contributed by atoms with Crippen LogP contribution in [0.1, 0.15) is 31.5 Å². The van der Waals surface area contributed by atoms with Gasteiger partial charge in [-0.3, -0.25) is 10.1 Å². The number of rotatable bonds is 5. The highest BCUT2D eigenvalue weighted by molar-refractivity contribution is 7.91. The molecule has 0 bridgehead atoms. The maximum absolute atomic E-state index is 12.5. The standard InChI is InChI=1S/C15H20N2O3S/c1-2-21(19,20)11-10-17-13(12-6-4-3-5-7-12)16-15(8-9-15)14(17)18/h3-7,13,16H,2,8-11H2,1H3. The molecule has 5 nitrogen and oxygen atoms in total. The first-order valence-corrected chi connectivity index (χ1v) is 9.14. The van der Waals surface area contributed by atoms with Gasteiger partial charge in [0, 0.05) is 12.3 Å². The predicted octanol–water partition coefficient (Wildman–Crippen LogP) is 1.08. The fraction of sp³-hybridized carbons (Fsp3) is 0.533. The number of carbonyl (C=O) groups excluding carboxylic acids is 1. The van der Waals surface area contributed by atoms with Gasteiger partial charge in [0.15, 0.2) is 9.84 Å². The second kappa shape index (κ2) is 5.10. The average Bonchev–Trinajstić information content (AvgIpc) is 3.22. The molecule has 1 aromatic carbocycles. The van der Waals surface area contributed by atoms with Gasteiger partial charge in [-0.05, 0) is 18.4 Å². The van der Waals surface area contributed by atoms with Crippen LogP contribution in [-0.4, -0.2) is 42.8 Å². The van der Waals surface area contributed by atoms with E-state index in [0.717, 1.165) is 18.4 Å². The summed E-state index contributed by atoms with van der Waals surface area (Å²) in [7, 11) is -3.07. The van der Waals surface area contributed by atoms with Crippen molar-refractivity contribution >= 4 is 15.7 Å². The third kappa shape index (κ3) is 2.70. The molecule has 1 aliphatic heterocycles. The number of hydrogen-bond donors (Lipinski definition) is 1. The third-order valence-electron chi connectivity index (χ3n) is 4.34. The number of nitrogens with zero attached hydrogens (tertiary/aromatic N) is 1. The van der Waals surface area contributed by atoms with Crippen molar-refractivity contribution in [1.82, 2.24) is 10.2 Å². The number of nitrogens with one attached hydrogen (secondary N) is 1. The summed E-state index contributed by atoms with van der Waals surface area (Å²) < 4.78 is 23.4. The van der Waals surface area contributed by atoms with E-state index in [1.807, 2.05) is 30.3 Å². The Morgan fingerprint density at radius 2 is 1.95 bits per heavy atom. The van der Waals surface area contributed by atoms with E-state index in [1.54, 1.807) is 11.8 Å². The van der Waals surface area contributed by atoms with Crippen molar-refractivity contribution in [2.75, 3.05) is 18.1 Å². The molecule has 0 radical (unpaired) electrons. The summed E-state index contributed by atoms with van der Waals surface area (Å²) in [5.41, 5.74) is 0.569. The van der Waals surface area contributed by atoms with E-state index in [2.05, 4.69) is 5.32 Å². The summed E-state index contributed by atoms with van der Waals surface area (Å²) in [5.74, 6) is 0.183. The first kappa shape index (κ1) is 14.5. The van der Waals surface area contributed by atoms with E-state index in [4.69, 9.17) is 0 Å². The zero-order valence-electron chi connectivity index (χ0n) is 12.1. The van der Waals surface area contributed by atoms with Gasteiger partial charge in [-0.15, -0.1) is 0 Å². The number of carbonyl (C=O) groups is 1. The van der Waals surface area contributed by atoms with Gasteiger partial charge in [-0.25, -0.2) is 8.42 Å². The Kier molecular flexibility index (Phi) is 3.53. The summed E-state index contributed by atoms with van der Waals surface area (Å²) >= 11 is 0. The number of benzene rings is 1. The Hall–Kier alpha value is -1.40. The Morgan fingerprint density at radius 1 is 1.29 bits per heavy atom. The van der Waals surface area contributed by atoms with Crippen LogP contribution < -0.4 is 5.32 Å². The molecule has 1 atom stereocenters. The number of amides is 1. The van der Waals surface area contributed by atoms with Gasteiger partial charge in [0.1, 0.15) is 11.7 Å². The van der Waals surface area contributed by atoms with Gasteiger partial charge in [0.2, 0.25) is 5.91 Å². The van der Waals surface area contributed by atoms with Crippen molar-refractivity contribution in [2.24, 2.45) is 0 Å². The molecule has 1 aliphatic carbocycles. The van der Waals surface area contributed by atoms with Gasteiger partial charge < -0.3 is 4.90 Å². The van der Waals surface area contributed by atoms with Crippen LogP contribution in [0.15, 0.2) is 30.3 Å². The lowest BCUT2D eigenvalue weighted by Crippen LogP contribution is -2.35. The topological polar surface area (TPSA) is 66.5 Å². The highest BCUT2D eigenvalue weighted by Crippen LogP contribution is 2.45. The predicted molar refractivity (Wildman–Crippen MR) is 80.3 cm³/mol. The lowest BCUT2D eigenvalue weighted by atomic mass is 10.1. The molecule has 1 saturated carbocycles. The average molecular weight is 308 g/mol. The normalized spacial score (nSPS) is 23.8. The van der Waals surface area contributed by atoms with Crippen LogP contribution in [-0.2, 0) is 14.6 Å². The summed E-state index contributed by atoms with van der Waals surface area (Å²) in [6, 6.07) is 9.72. The molecule has 1 heterocycles. The molecule has 1 unspecified atom stereocenters.